The minimum absolute atomic E-state index is 0.0178. The van der Waals surface area contributed by atoms with Crippen molar-refractivity contribution in [2.75, 3.05) is 0 Å². The number of non-ortho nitro benzene ring substituents is 1. The van der Waals surface area contributed by atoms with Gasteiger partial charge < -0.3 is 0 Å². The lowest BCUT2D eigenvalue weighted by atomic mass is 10.1. The van der Waals surface area contributed by atoms with Gasteiger partial charge in [-0.15, -0.1) is 0 Å². The van der Waals surface area contributed by atoms with E-state index in [1.165, 1.54) is 12.1 Å². The van der Waals surface area contributed by atoms with Crippen LogP contribution in [-0.4, -0.2) is 24.7 Å². The fraction of sp³-hybridized carbons (Fsp3) is 0. The van der Waals surface area contributed by atoms with Gasteiger partial charge in [0, 0.05) is 35.1 Å². The molecule has 2 aromatic heterocycles. The molecule has 0 radical (unpaired) electrons. The summed E-state index contributed by atoms with van der Waals surface area (Å²) in [6, 6.07) is 13.4. The molecule has 0 aliphatic heterocycles. The summed E-state index contributed by atoms with van der Waals surface area (Å²) in [7, 11) is 0. The summed E-state index contributed by atoms with van der Waals surface area (Å²) >= 11 is 5.95. The molecule has 122 valence electrons. The first-order valence-corrected chi connectivity index (χ1v) is 7.72. The van der Waals surface area contributed by atoms with E-state index in [9.17, 15) is 10.1 Å². The highest BCUT2D eigenvalue weighted by molar-refractivity contribution is 6.30. The van der Waals surface area contributed by atoms with Gasteiger partial charge in [-0.3, -0.25) is 10.1 Å². The van der Waals surface area contributed by atoms with Gasteiger partial charge >= 0.3 is 0 Å². The van der Waals surface area contributed by atoms with Crippen molar-refractivity contribution in [3.05, 3.63) is 76.1 Å². The Morgan fingerprint density at radius 1 is 0.960 bits per heavy atom. The second-order valence-electron chi connectivity index (χ2n) is 5.27. The highest BCUT2D eigenvalue weighted by atomic mass is 35.5. The molecular formula is C17H10ClN5O2. The molecule has 0 atom stereocenters. The van der Waals surface area contributed by atoms with E-state index in [2.05, 4.69) is 15.1 Å². The molecule has 8 heteroatoms. The summed E-state index contributed by atoms with van der Waals surface area (Å²) < 4.78 is 1.62. The quantitative estimate of drug-likeness (QED) is 0.410. The normalized spacial score (nSPS) is 10.9. The standard InChI is InChI=1S/C17H10ClN5O2/c18-12-3-1-11(2-4-12)15-16-17(20-10-9-19-16)22(21-15)13-5-7-14(8-6-13)23(24)25/h1-10H. The van der Waals surface area contributed by atoms with Gasteiger partial charge in [-0.25, -0.2) is 14.6 Å². The van der Waals surface area contributed by atoms with Gasteiger partial charge in [-0.05, 0) is 24.3 Å². The van der Waals surface area contributed by atoms with Crippen LogP contribution in [0.5, 0.6) is 0 Å². The second kappa shape index (κ2) is 5.95. The fourth-order valence-corrected chi connectivity index (χ4v) is 2.67. The second-order valence-corrected chi connectivity index (χ2v) is 5.71. The predicted molar refractivity (Wildman–Crippen MR) is 93.8 cm³/mol. The summed E-state index contributed by atoms with van der Waals surface area (Å²) in [5, 5.41) is 16.1. The Kier molecular flexibility index (Phi) is 3.62. The molecule has 0 aliphatic carbocycles. The Balaban J connectivity index is 1.90. The van der Waals surface area contributed by atoms with Crippen LogP contribution in [0.2, 0.25) is 5.02 Å². The molecule has 0 fully saturated rings. The zero-order chi connectivity index (χ0) is 17.4. The fourth-order valence-electron chi connectivity index (χ4n) is 2.55. The number of aromatic nitrogens is 4. The summed E-state index contributed by atoms with van der Waals surface area (Å²) in [6.45, 7) is 0. The number of nitro groups is 1. The van der Waals surface area contributed by atoms with E-state index >= 15 is 0 Å². The molecule has 0 unspecified atom stereocenters. The maximum atomic E-state index is 10.8. The molecule has 0 spiro atoms. The Labute approximate surface area is 146 Å². The number of hydrogen-bond acceptors (Lipinski definition) is 5. The number of benzene rings is 2. The van der Waals surface area contributed by atoms with E-state index in [0.29, 0.717) is 27.6 Å². The Morgan fingerprint density at radius 3 is 2.32 bits per heavy atom. The lowest BCUT2D eigenvalue weighted by Gasteiger charge is -2.01. The molecule has 0 saturated carbocycles. The lowest BCUT2D eigenvalue weighted by molar-refractivity contribution is -0.384. The molecule has 4 rings (SSSR count). The predicted octanol–water partition coefficient (Wildman–Crippen LogP) is 4.04. The zero-order valence-corrected chi connectivity index (χ0v) is 13.5. The summed E-state index contributed by atoms with van der Waals surface area (Å²) in [4.78, 5) is 19.1. The smallest absolute Gasteiger partial charge is 0.258 e. The average Bonchev–Trinajstić information content (AvgIpc) is 3.02. The first kappa shape index (κ1) is 15.2. The van der Waals surface area contributed by atoms with Crippen LogP contribution in [0.1, 0.15) is 0 Å². The van der Waals surface area contributed by atoms with Crippen LogP contribution in [0.3, 0.4) is 0 Å². The van der Waals surface area contributed by atoms with Crippen LogP contribution < -0.4 is 0 Å². The van der Waals surface area contributed by atoms with Gasteiger partial charge in [0.2, 0.25) is 0 Å². The number of halogens is 1. The van der Waals surface area contributed by atoms with Crippen molar-refractivity contribution >= 4 is 28.5 Å². The number of rotatable bonds is 3. The number of nitro benzene ring substituents is 1. The highest BCUT2D eigenvalue weighted by Crippen LogP contribution is 2.28. The molecule has 7 nitrogen and oxygen atoms in total. The summed E-state index contributed by atoms with van der Waals surface area (Å²) in [5.74, 6) is 0. The third-order valence-corrected chi connectivity index (χ3v) is 3.98. The number of nitrogens with zero attached hydrogens (tertiary/aromatic N) is 5. The third kappa shape index (κ3) is 2.70. The number of hydrogen-bond donors (Lipinski definition) is 0. The van der Waals surface area contributed by atoms with Crippen LogP contribution in [0, 0.1) is 10.1 Å². The SMILES string of the molecule is O=[N+]([O-])c1ccc(-n2nc(-c3ccc(Cl)cc3)c3nccnc32)cc1. The lowest BCUT2D eigenvalue weighted by Crippen LogP contribution is -1.98. The van der Waals surface area contributed by atoms with Crippen molar-refractivity contribution in [2.24, 2.45) is 0 Å². The Morgan fingerprint density at radius 2 is 1.64 bits per heavy atom. The van der Waals surface area contributed by atoms with Crippen molar-refractivity contribution in [3.63, 3.8) is 0 Å². The van der Waals surface area contributed by atoms with Gasteiger partial charge in [0.1, 0.15) is 11.2 Å². The van der Waals surface area contributed by atoms with Gasteiger partial charge in [0.05, 0.1) is 10.6 Å². The zero-order valence-electron chi connectivity index (χ0n) is 12.7. The molecule has 0 amide bonds. The third-order valence-electron chi connectivity index (χ3n) is 3.73. The monoisotopic (exact) mass is 351 g/mol. The van der Waals surface area contributed by atoms with Crippen LogP contribution in [0.15, 0.2) is 60.9 Å². The first-order chi connectivity index (χ1) is 12.1. The average molecular weight is 352 g/mol. The van der Waals surface area contributed by atoms with Gasteiger partial charge in [-0.1, -0.05) is 23.7 Å². The van der Waals surface area contributed by atoms with Crippen LogP contribution in [0.4, 0.5) is 5.69 Å². The maximum absolute atomic E-state index is 10.8. The van der Waals surface area contributed by atoms with Crippen LogP contribution in [-0.2, 0) is 0 Å². The van der Waals surface area contributed by atoms with E-state index < -0.39 is 4.92 Å². The molecular weight excluding hydrogens is 342 g/mol. The highest BCUT2D eigenvalue weighted by Gasteiger charge is 2.16. The largest absolute Gasteiger partial charge is 0.269 e. The molecule has 2 heterocycles. The topological polar surface area (TPSA) is 86.7 Å². The first-order valence-electron chi connectivity index (χ1n) is 7.34. The Bertz CT molecular complexity index is 1070. The molecule has 0 N–H and O–H groups in total. The van der Waals surface area contributed by atoms with E-state index in [4.69, 9.17) is 11.6 Å². The summed E-state index contributed by atoms with van der Waals surface area (Å²) in [5.41, 5.74) is 3.42. The van der Waals surface area contributed by atoms with Crippen molar-refractivity contribution in [2.45, 2.75) is 0 Å². The van der Waals surface area contributed by atoms with E-state index in [-0.39, 0.29) is 5.69 Å². The van der Waals surface area contributed by atoms with Gasteiger partial charge in [-0.2, -0.15) is 5.10 Å². The molecule has 0 bridgehead atoms. The van der Waals surface area contributed by atoms with Crippen LogP contribution >= 0.6 is 11.6 Å². The van der Waals surface area contributed by atoms with E-state index in [1.54, 1.807) is 41.3 Å². The molecule has 0 saturated heterocycles. The molecule has 25 heavy (non-hydrogen) atoms. The Hall–Kier alpha value is -3.32. The number of fused-ring (bicyclic) bond motifs is 1. The molecule has 2 aromatic carbocycles. The van der Waals surface area contributed by atoms with E-state index in [0.717, 1.165) is 5.56 Å². The van der Waals surface area contributed by atoms with Crippen molar-refractivity contribution in [1.82, 2.24) is 19.7 Å². The minimum atomic E-state index is -0.441. The summed E-state index contributed by atoms with van der Waals surface area (Å²) in [6.07, 6.45) is 3.18. The maximum Gasteiger partial charge on any atom is 0.269 e. The van der Waals surface area contributed by atoms with Crippen LogP contribution in [0.25, 0.3) is 28.1 Å². The van der Waals surface area contributed by atoms with Crippen molar-refractivity contribution < 1.29 is 4.92 Å². The van der Waals surface area contributed by atoms with Gasteiger partial charge in [0.25, 0.3) is 5.69 Å². The van der Waals surface area contributed by atoms with E-state index in [1.807, 2.05) is 12.1 Å². The molecule has 0 aliphatic rings. The molecule has 4 aromatic rings. The van der Waals surface area contributed by atoms with Crippen molar-refractivity contribution in [1.29, 1.82) is 0 Å². The van der Waals surface area contributed by atoms with Gasteiger partial charge in [0.15, 0.2) is 5.65 Å². The minimum Gasteiger partial charge on any atom is -0.258 e. The van der Waals surface area contributed by atoms with Crippen molar-refractivity contribution in [3.8, 4) is 16.9 Å².